The van der Waals surface area contributed by atoms with Crippen molar-refractivity contribution < 1.29 is 18.4 Å². The van der Waals surface area contributed by atoms with Crippen molar-refractivity contribution in [1.29, 1.82) is 0 Å². The highest BCUT2D eigenvalue weighted by molar-refractivity contribution is 6.19. The molecule has 1 heterocycles. The summed E-state index contributed by atoms with van der Waals surface area (Å²) >= 11 is 0. The van der Waals surface area contributed by atoms with E-state index in [1.807, 2.05) is 12.1 Å². The Morgan fingerprint density at radius 3 is 2.10 bits per heavy atom. The molecule has 3 nitrogen and oxygen atoms in total. The second-order valence-electron chi connectivity index (χ2n) is 6.43. The summed E-state index contributed by atoms with van der Waals surface area (Å²) in [4.78, 5) is 4.12. The smallest absolute Gasteiger partial charge is 0.410 e. The first kappa shape index (κ1) is 18.7. The van der Waals surface area contributed by atoms with Gasteiger partial charge in [-0.3, -0.25) is 4.98 Å². The summed E-state index contributed by atoms with van der Waals surface area (Å²) in [7, 11) is 0. The molecule has 0 unspecified atom stereocenters. The molecule has 0 bridgehead atoms. The number of hydrogen-bond acceptors (Lipinski definition) is 3. The average Bonchev–Trinajstić information content (AvgIpc) is 2.74. The topological polar surface area (TPSA) is 45.5 Å². The predicted octanol–water partition coefficient (Wildman–Crippen LogP) is 6.15. The van der Waals surface area contributed by atoms with Gasteiger partial charge < -0.3 is 5.21 Å². The average molecular weight is 392 g/mol. The molecule has 1 aromatic heterocycles. The minimum atomic E-state index is -4.53. The quantitative estimate of drug-likeness (QED) is 0.258. The van der Waals surface area contributed by atoms with E-state index < -0.39 is 11.7 Å². The molecule has 3 aromatic carbocycles. The number of aromatic nitrogens is 1. The van der Waals surface area contributed by atoms with Crippen molar-refractivity contribution in [2.75, 3.05) is 0 Å². The van der Waals surface area contributed by atoms with Crippen molar-refractivity contribution in [2.24, 2.45) is 5.16 Å². The van der Waals surface area contributed by atoms with E-state index in [-0.39, 0.29) is 11.2 Å². The Hall–Kier alpha value is -3.67. The van der Waals surface area contributed by atoms with Crippen LogP contribution in [0, 0.1) is 0 Å². The molecule has 0 radical (unpaired) electrons. The van der Waals surface area contributed by atoms with Crippen molar-refractivity contribution in [2.45, 2.75) is 6.18 Å². The van der Waals surface area contributed by atoms with Gasteiger partial charge in [0.15, 0.2) is 0 Å². The van der Waals surface area contributed by atoms with Gasteiger partial charge in [0.05, 0.1) is 11.1 Å². The Bertz CT molecular complexity index is 1190. The van der Waals surface area contributed by atoms with Gasteiger partial charge in [-0.05, 0) is 11.6 Å². The van der Waals surface area contributed by atoms with Crippen molar-refractivity contribution >= 4 is 16.6 Å². The summed E-state index contributed by atoms with van der Waals surface area (Å²) in [5.74, 6) is 0. The molecule has 29 heavy (non-hydrogen) atoms. The lowest BCUT2D eigenvalue weighted by atomic mass is 9.91. The van der Waals surface area contributed by atoms with Crippen LogP contribution in [-0.2, 0) is 6.18 Å². The molecular weight excluding hydrogens is 377 g/mol. The summed E-state index contributed by atoms with van der Waals surface area (Å²) in [6, 6.07) is 22.0. The van der Waals surface area contributed by atoms with Crippen molar-refractivity contribution in [3.05, 3.63) is 102 Å². The summed E-state index contributed by atoms with van der Waals surface area (Å²) < 4.78 is 40.6. The lowest BCUT2D eigenvalue weighted by Gasteiger charge is -2.17. The highest BCUT2D eigenvalue weighted by Crippen LogP contribution is 2.39. The van der Waals surface area contributed by atoms with Crippen LogP contribution in [0.2, 0.25) is 0 Å². The summed E-state index contributed by atoms with van der Waals surface area (Å²) in [5, 5.41) is 13.5. The number of fused-ring (bicyclic) bond motifs is 1. The van der Waals surface area contributed by atoms with Crippen LogP contribution in [-0.4, -0.2) is 15.9 Å². The number of rotatable bonds is 3. The predicted molar refractivity (Wildman–Crippen MR) is 106 cm³/mol. The SMILES string of the molecule is ON=C(c1ccccc1)c1cnc2c(C(F)(F)F)cccc2c1-c1ccccc1. The number of nitrogens with zero attached hydrogens (tertiary/aromatic N) is 2. The van der Waals surface area contributed by atoms with Gasteiger partial charge in [-0.2, -0.15) is 13.2 Å². The van der Waals surface area contributed by atoms with Crippen molar-refractivity contribution in [1.82, 2.24) is 4.98 Å². The number of hydrogen-bond donors (Lipinski definition) is 1. The number of oxime groups is 1. The van der Waals surface area contributed by atoms with Crippen molar-refractivity contribution in [3.63, 3.8) is 0 Å². The fourth-order valence-electron chi connectivity index (χ4n) is 3.41. The maximum absolute atomic E-state index is 13.5. The van der Waals surface area contributed by atoms with Gasteiger partial charge in [-0.1, -0.05) is 78.0 Å². The van der Waals surface area contributed by atoms with Crippen LogP contribution < -0.4 is 0 Å². The van der Waals surface area contributed by atoms with Gasteiger partial charge in [0.25, 0.3) is 0 Å². The van der Waals surface area contributed by atoms with Crippen LogP contribution in [0.15, 0.2) is 90.2 Å². The minimum absolute atomic E-state index is 0.145. The van der Waals surface area contributed by atoms with Gasteiger partial charge >= 0.3 is 6.18 Å². The first-order valence-electron chi connectivity index (χ1n) is 8.83. The number of para-hydroxylation sites is 1. The fraction of sp³-hybridized carbons (Fsp3) is 0.0435. The molecular formula is C23H15F3N2O. The molecule has 4 aromatic rings. The Morgan fingerprint density at radius 2 is 1.48 bits per heavy atom. The van der Waals surface area contributed by atoms with Crippen molar-refractivity contribution in [3.8, 4) is 11.1 Å². The number of benzene rings is 3. The van der Waals surface area contributed by atoms with Gasteiger partial charge in [-0.15, -0.1) is 0 Å². The number of pyridine rings is 1. The summed E-state index contributed by atoms with van der Waals surface area (Å²) in [6.07, 6.45) is -3.20. The molecule has 0 saturated heterocycles. The molecule has 1 N–H and O–H groups in total. The summed E-state index contributed by atoms with van der Waals surface area (Å²) in [6.45, 7) is 0. The monoisotopic (exact) mass is 392 g/mol. The van der Waals surface area contributed by atoms with Crippen LogP contribution in [0.25, 0.3) is 22.0 Å². The molecule has 4 rings (SSSR count). The van der Waals surface area contributed by atoms with E-state index in [4.69, 9.17) is 0 Å². The largest absolute Gasteiger partial charge is 0.418 e. The first-order valence-corrected chi connectivity index (χ1v) is 8.83. The molecule has 6 heteroatoms. The highest BCUT2D eigenvalue weighted by atomic mass is 19.4. The van der Waals surface area contributed by atoms with E-state index in [0.717, 1.165) is 6.07 Å². The third kappa shape index (κ3) is 3.45. The lowest BCUT2D eigenvalue weighted by Crippen LogP contribution is -2.10. The zero-order valence-electron chi connectivity index (χ0n) is 15.1. The molecule has 0 atom stereocenters. The van der Waals surface area contributed by atoms with E-state index in [0.29, 0.717) is 27.6 Å². The van der Waals surface area contributed by atoms with E-state index >= 15 is 0 Å². The second-order valence-corrected chi connectivity index (χ2v) is 6.43. The fourth-order valence-corrected chi connectivity index (χ4v) is 3.41. The maximum atomic E-state index is 13.5. The molecule has 0 fully saturated rings. The van der Waals surface area contributed by atoms with E-state index in [1.54, 1.807) is 54.6 Å². The van der Waals surface area contributed by atoms with Gasteiger partial charge in [0.1, 0.15) is 5.71 Å². The maximum Gasteiger partial charge on any atom is 0.418 e. The summed E-state index contributed by atoms with van der Waals surface area (Å²) in [5.41, 5.74) is 1.58. The standard InChI is InChI=1S/C23H15F3N2O/c24-23(25,26)19-13-7-12-17-20(15-8-3-1-4-9-15)18(14-27-22(17)19)21(28-29)16-10-5-2-6-11-16/h1-14,29H. The van der Waals surface area contributed by atoms with E-state index in [2.05, 4.69) is 10.1 Å². The Morgan fingerprint density at radius 1 is 0.828 bits per heavy atom. The zero-order valence-corrected chi connectivity index (χ0v) is 15.1. The third-order valence-corrected chi connectivity index (χ3v) is 4.67. The minimum Gasteiger partial charge on any atom is -0.410 e. The Labute approximate surface area is 164 Å². The zero-order chi connectivity index (χ0) is 20.4. The lowest BCUT2D eigenvalue weighted by molar-refractivity contribution is -0.136. The van der Waals surface area contributed by atoms with Gasteiger partial charge in [-0.25, -0.2) is 0 Å². The molecule has 0 amide bonds. The second kappa shape index (κ2) is 7.39. The Balaban J connectivity index is 2.09. The van der Waals surface area contributed by atoms with E-state index in [1.165, 1.54) is 12.3 Å². The van der Waals surface area contributed by atoms with Crippen LogP contribution in [0.1, 0.15) is 16.7 Å². The molecule has 0 aliphatic heterocycles. The Kier molecular flexibility index (Phi) is 4.76. The van der Waals surface area contributed by atoms with Crippen LogP contribution in [0.4, 0.5) is 13.2 Å². The molecule has 0 saturated carbocycles. The van der Waals surface area contributed by atoms with Gasteiger partial charge in [0, 0.05) is 28.3 Å². The van der Waals surface area contributed by atoms with E-state index in [9.17, 15) is 18.4 Å². The number of halogens is 3. The molecule has 144 valence electrons. The first-order chi connectivity index (χ1) is 14.0. The normalized spacial score (nSPS) is 12.3. The van der Waals surface area contributed by atoms with Crippen LogP contribution in [0.5, 0.6) is 0 Å². The van der Waals surface area contributed by atoms with Gasteiger partial charge in [0.2, 0.25) is 0 Å². The molecule has 0 aliphatic carbocycles. The number of alkyl halides is 3. The molecule has 0 aliphatic rings. The third-order valence-electron chi connectivity index (χ3n) is 4.67. The van der Waals surface area contributed by atoms with Crippen LogP contribution in [0.3, 0.4) is 0 Å². The highest BCUT2D eigenvalue weighted by Gasteiger charge is 2.34. The molecule has 0 spiro atoms. The van der Waals surface area contributed by atoms with Crippen LogP contribution >= 0.6 is 0 Å².